The number of halogens is 2. The Labute approximate surface area is 144 Å². The van der Waals surface area contributed by atoms with Crippen LogP contribution in [0.4, 0.5) is 10.1 Å². The number of hydrogen-bond donors (Lipinski definition) is 3. The second-order valence-electron chi connectivity index (χ2n) is 5.43. The average molecular weight is 357 g/mol. The van der Waals surface area contributed by atoms with Gasteiger partial charge >= 0.3 is 0 Å². The molecular weight excluding hydrogens is 347 g/mol. The molecule has 2 aromatic carbocycles. The first kappa shape index (κ1) is 15.3. The number of anilines is 1. The standard InChI is InChI=1S/C16H10ClFN6O/c17-9-3-6-5-21-22-11(6)4-8(9)7-1-2-10(18)12-13(19)15(16(20)25)24-23-14(7)12/h1-5H,(H2,19,23)(H2,20,25)(H,21,22). The number of carbonyl (C=O) groups is 1. The summed E-state index contributed by atoms with van der Waals surface area (Å²) in [7, 11) is 0. The smallest absolute Gasteiger partial charge is 0.271 e. The molecule has 0 aliphatic heterocycles. The normalized spacial score (nSPS) is 11.3. The molecule has 0 saturated carbocycles. The minimum atomic E-state index is -0.881. The lowest BCUT2D eigenvalue weighted by Crippen LogP contribution is -2.17. The summed E-state index contributed by atoms with van der Waals surface area (Å²) < 4.78 is 14.3. The topological polar surface area (TPSA) is 124 Å². The summed E-state index contributed by atoms with van der Waals surface area (Å²) in [6.45, 7) is 0. The van der Waals surface area contributed by atoms with Gasteiger partial charge in [-0.15, -0.1) is 10.2 Å². The molecule has 1 amide bonds. The summed E-state index contributed by atoms with van der Waals surface area (Å²) in [6, 6.07) is 6.27. The van der Waals surface area contributed by atoms with E-state index in [2.05, 4.69) is 20.4 Å². The first-order valence-electron chi connectivity index (χ1n) is 7.14. The number of hydrogen-bond acceptors (Lipinski definition) is 5. The van der Waals surface area contributed by atoms with E-state index in [1.165, 1.54) is 12.1 Å². The van der Waals surface area contributed by atoms with Crippen molar-refractivity contribution in [1.82, 2.24) is 20.4 Å². The van der Waals surface area contributed by atoms with Crippen LogP contribution in [-0.2, 0) is 0 Å². The predicted octanol–water partition coefficient (Wildman–Crippen LogP) is 2.65. The molecular formula is C16H10ClFN6O. The zero-order valence-corrected chi connectivity index (χ0v) is 13.3. The zero-order chi connectivity index (χ0) is 17.7. The van der Waals surface area contributed by atoms with E-state index in [0.29, 0.717) is 16.1 Å². The van der Waals surface area contributed by atoms with E-state index in [4.69, 9.17) is 23.1 Å². The number of primary amides is 1. The fraction of sp³-hybridized carbons (Fsp3) is 0. The fourth-order valence-corrected chi connectivity index (χ4v) is 3.04. The van der Waals surface area contributed by atoms with Gasteiger partial charge in [0.15, 0.2) is 5.69 Å². The van der Waals surface area contributed by atoms with Crippen LogP contribution in [0.3, 0.4) is 0 Å². The molecule has 0 radical (unpaired) electrons. The number of carbonyl (C=O) groups excluding carboxylic acids is 1. The number of H-pyrrole nitrogens is 1. The first-order valence-corrected chi connectivity index (χ1v) is 7.52. The molecule has 2 heterocycles. The van der Waals surface area contributed by atoms with Crippen molar-refractivity contribution in [2.24, 2.45) is 5.73 Å². The van der Waals surface area contributed by atoms with Gasteiger partial charge in [0, 0.05) is 21.5 Å². The highest BCUT2D eigenvalue weighted by Crippen LogP contribution is 2.37. The van der Waals surface area contributed by atoms with E-state index in [9.17, 15) is 9.18 Å². The number of nitrogens with one attached hydrogen (secondary N) is 1. The van der Waals surface area contributed by atoms with Crippen LogP contribution in [0.15, 0.2) is 30.5 Å². The van der Waals surface area contributed by atoms with Crippen molar-refractivity contribution in [3.8, 4) is 11.1 Å². The van der Waals surface area contributed by atoms with Crippen LogP contribution in [0.5, 0.6) is 0 Å². The van der Waals surface area contributed by atoms with Gasteiger partial charge in [0.1, 0.15) is 11.3 Å². The molecule has 0 unspecified atom stereocenters. The third-order valence-electron chi connectivity index (χ3n) is 3.95. The van der Waals surface area contributed by atoms with Crippen molar-refractivity contribution >= 4 is 45.0 Å². The van der Waals surface area contributed by atoms with Gasteiger partial charge in [-0.1, -0.05) is 11.6 Å². The van der Waals surface area contributed by atoms with Crippen LogP contribution in [0, 0.1) is 5.82 Å². The van der Waals surface area contributed by atoms with E-state index < -0.39 is 11.7 Å². The Morgan fingerprint density at radius 3 is 2.76 bits per heavy atom. The number of nitrogens with two attached hydrogens (primary N) is 2. The molecule has 7 nitrogen and oxygen atoms in total. The van der Waals surface area contributed by atoms with Crippen molar-refractivity contribution in [3.05, 3.63) is 47.0 Å². The lowest BCUT2D eigenvalue weighted by molar-refractivity contribution is 0.0996. The second-order valence-corrected chi connectivity index (χ2v) is 5.84. The third-order valence-corrected chi connectivity index (χ3v) is 4.27. The Bertz CT molecular complexity index is 1170. The lowest BCUT2D eigenvalue weighted by atomic mass is 9.99. The molecule has 25 heavy (non-hydrogen) atoms. The third kappa shape index (κ3) is 2.26. The van der Waals surface area contributed by atoms with Crippen LogP contribution in [0.2, 0.25) is 5.02 Å². The Hall–Kier alpha value is -3.26. The van der Waals surface area contributed by atoms with E-state index in [1.54, 1.807) is 18.3 Å². The maximum Gasteiger partial charge on any atom is 0.271 e. The van der Waals surface area contributed by atoms with E-state index in [1.807, 2.05) is 0 Å². The van der Waals surface area contributed by atoms with Crippen molar-refractivity contribution in [1.29, 1.82) is 0 Å². The Morgan fingerprint density at radius 2 is 2.00 bits per heavy atom. The van der Waals surface area contributed by atoms with Crippen LogP contribution in [0.25, 0.3) is 32.9 Å². The Morgan fingerprint density at radius 1 is 1.20 bits per heavy atom. The number of amides is 1. The minimum Gasteiger partial charge on any atom is -0.396 e. The molecule has 0 aliphatic rings. The molecule has 5 N–H and O–H groups in total. The lowest BCUT2D eigenvalue weighted by Gasteiger charge is -2.11. The predicted molar refractivity (Wildman–Crippen MR) is 92.5 cm³/mol. The van der Waals surface area contributed by atoms with Gasteiger partial charge in [-0.3, -0.25) is 9.89 Å². The zero-order valence-electron chi connectivity index (χ0n) is 12.5. The molecule has 4 rings (SSSR count). The van der Waals surface area contributed by atoms with Gasteiger partial charge in [0.2, 0.25) is 0 Å². The van der Waals surface area contributed by atoms with Gasteiger partial charge in [0.25, 0.3) is 5.91 Å². The highest BCUT2D eigenvalue weighted by molar-refractivity contribution is 6.34. The van der Waals surface area contributed by atoms with E-state index >= 15 is 0 Å². The quantitative estimate of drug-likeness (QED) is 0.509. The largest absolute Gasteiger partial charge is 0.396 e. The van der Waals surface area contributed by atoms with Gasteiger partial charge < -0.3 is 11.5 Å². The summed E-state index contributed by atoms with van der Waals surface area (Å²) in [5.41, 5.74) is 12.7. The summed E-state index contributed by atoms with van der Waals surface area (Å²) in [5, 5.41) is 15.7. The minimum absolute atomic E-state index is 0.0259. The number of aromatic amines is 1. The molecule has 0 aliphatic carbocycles. The van der Waals surface area contributed by atoms with Crippen molar-refractivity contribution < 1.29 is 9.18 Å². The van der Waals surface area contributed by atoms with Crippen molar-refractivity contribution in [2.75, 3.05) is 5.73 Å². The molecule has 4 aromatic rings. The molecule has 0 fully saturated rings. The molecule has 124 valence electrons. The van der Waals surface area contributed by atoms with Gasteiger partial charge in [0.05, 0.1) is 22.8 Å². The molecule has 9 heteroatoms. The summed E-state index contributed by atoms with van der Waals surface area (Å²) in [5.74, 6) is -1.51. The van der Waals surface area contributed by atoms with Crippen LogP contribution < -0.4 is 11.5 Å². The molecule has 0 bridgehead atoms. The highest BCUT2D eigenvalue weighted by atomic mass is 35.5. The summed E-state index contributed by atoms with van der Waals surface area (Å²) in [6.07, 6.45) is 1.64. The number of rotatable bonds is 2. The molecule has 0 atom stereocenters. The SMILES string of the molecule is NC(=O)c1nnc2c(-c3cc4[nH]ncc4cc3Cl)ccc(F)c2c1N. The van der Waals surface area contributed by atoms with Crippen LogP contribution >= 0.6 is 11.6 Å². The molecule has 0 saturated heterocycles. The number of fused-ring (bicyclic) bond motifs is 2. The molecule has 2 aromatic heterocycles. The first-order chi connectivity index (χ1) is 12.0. The fourth-order valence-electron chi connectivity index (χ4n) is 2.77. The maximum atomic E-state index is 14.3. The van der Waals surface area contributed by atoms with Crippen LogP contribution in [-0.4, -0.2) is 26.3 Å². The Balaban J connectivity index is 2.08. The van der Waals surface area contributed by atoms with Gasteiger partial charge in [-0.2, -0.15) is 5.10 Å². The highest BCUT2D eigenvalue weighted by Gasteiger charge is 2.19. The number of aromatic nitrogens is 4. The number of nitrogen functional groups attached to an aromatic ring is 1. The van der Waals surface area contributed by atoms with Crippen LogP contribution in [0.1, 0.15) is 10.5 Å². The van der Waals surface area contributed by atoms with E-state index in [0.717, 1.165) is 10.9 Å². The Kier molecular flexibility index (Phi) is 3.29. The second kappa shape index (κ2) is 5.38. The van der Waals surface area contributed by atoms with Gasteiger partial charge in [-0.25, -0.2) is 4.39 Å². The average Bonchev–Trinajstić information content (AvgIpc) is 3.01. The summed E-state index contributed by atoms with van der Waals surface area (Å²) >= 11 is 6.37. The number of benzene rings is 2. The number of nitrogens with zero attached hydrogens (tertiary/aromatic N) is 3. The monoisotopic (exact) mass is 356 g/mol. The van der Waals surface area contributed by atoms with Crippen molar-refractivity contribution in [3.63, 3.8) is 0 Å². The maximum absolute atomic E-state index is 14.3. The molecule has 0 spiro atoms. The van der Waals surface area contributed by atoms with Gasteiger partial charge in [-0.05, 0) is 24.3 Å². The van der Waals surface area contributed by atoms with E-state index in [-0.39, 0.29) is 22.3 Å². The van der Waals surface area contributed by atoms with Crippen molar-refractivity contribution in [2.45, 2.75) is 0 Å². The summed E-state index contributed by atoms with van der Waals surface area (Å²) in [4.78, 5) is 11.4.